The van der Waals surface area contributed by atoms with Crippen LogP contribution in [0.5, 0.6) is 0 Å². The third kappa shape index (κ3) is 3.87. The summed E-state index contributed by atoms with van der Waals surface area (Å²) >= 11 is 0. The summed E-state index contributed by atoms with van der Waals surface area (Å²) < 4.78 is 7.66. The fourth-order valence-electron chi connectivity index (χ4n) is 3.84. The van der Waals surface area contributed by atoms with E-state index in [1.807, 2.05) is 37.4 Å². The number of β-amino-alcohol motifs (C(OH)–C–C–N with tert-alkyl or cyclic N) is 1. The molecule has 2 aliphatic rings. The molecule has 0 radical (unpaired) electrons. The predicted molar refractivity (Wildman–Crippen MR) is 97.5 cm³/mol. The summed E-state index contributed by atoms with van der Waals surface area (Å²) in [7, 11) is 1.99. The summed E-state index contributed by atoms with van der Waals surface area (Å²) in [4.78, 5) is 16.3. The lowest BCUT2D eigenvalue weighted by molar-refractivity contribution is -0.138. The van der Waals surface area contributed by atoms with E-state index >= 15 is 0 Å². The third-order valence-corrected chi connectivity index (χ3v) is 5.30. The van der Waals surface area contributed by atoms with Crippen LogP contribution in [0.4, 0.5) is 0 Å². The van der Waals surface area contributed by atoms with Gasteiger partial charge in [0.05, 0.1) is 25.3 Å². The van der Waals surface area contributed by atoms with E-state index < -0.39 is 0 Å². The molecule has 3 heterocycles. The molecular formula is C19H25N5O3. The fraction of sp³-hybridized carbons (Fsp3) is 0.526. The van der Waals surface area contributed by atoms with Crippen molar-refractivity contribution < 1.29 is 14.6 Å². The highest BCUT2D eigenvalue weighted by molar-refractivity contribution is 5.77. The molecule has 1 aromatic heterocycles. The van der Waals surface area contributed by atoms with Crippen LogP contribution in [-0.2, 0) is 29.2 Å². The molecule has 2 aliphatic heterocycles. The number of rotatable bonds is 5. The van der Waals surface area contributed by atoms with Crippen LogP contribution in [0.2, 0.25) is 0 Å². The maximum absolute atomic E-state index is 12.5. The molecule has 144 valence electrons. The van der Waals surface area contributed by atoms with E-state index in [2.05, 4.69) is 19.7 Å². The molecule has 0 spiro atoms. The number of likely N-dealkylation sites (tertiary alicyclic amines) is 1. The predicted octanol–water partition coefficient (Wildman–Crippen LogP) is 0.575. The Bertz CT molecular complexity index is 794. The smallest absolute Gasteiger partial charge is 0.249 e. The van der Waals surface area contributed by atoms with E-state index in [9.17, 15) is 9.90 Å². The Hall–Kier alpha value is -2.29. The molecule has 2 aromatic rings. The molecule has 1 saturated heterocycles. The molecule has 0 unspecified atom stereocenters. The van der Waals surface area contributed by atoms with E-state index in [4.69, 9.17) is 4.74 Å². The molecule has 0 bridgehead atoms. The summed E-state index contributed by atoms with van der Waals surface area (Å²) in [6.07, 6.45) is 0.348. The zero-order valence-electron chi connectivity index (χ0n) is 15.5. The Balaban J connectivity index is 1.34. The lowest BCUT2D eigenvalue weighted by Crippen LogP contribution is -2.41. The molecule has 8 nitrogen and oxygen atoms in total. The first-order chi connectivity index (χ1) is 13.1. The van der Waals surface area contributed by atoms with Crippen LogP contribution in [0.1, 0.15) is 29.7 Å². The minimum absolute atomic E-state index is 0.0323. The van der Waals surface area contributed by atoms with E-state index in [1.54, 1.807) is 4.90 Å². The summed E-state index contributed by atoms with van der Waals surface area (Å²) in [6.45, 7) is 2.87. The van der Waals surface area contributed by atoms with Crippen LogP contribution >= 0.6 is 0 Å². The summed E-state index contributed by atoms with van der Waals surface area (Å²) in [5.74, 6) is 1.65. The van der Waals surface area contributed by atoms with Gasteiger partial charge in [0.1, 0.15) is 6.61 Å². The van der Waals surface area contributed by atoms with Gasteiger partial charge in [0.25, 0.3) is 0 Å². The quantitative estimate of drug-likeness (QED) is 0.828. The minimum Gasteiger partial charge on any atom is -0.392 e. The number of benzene rings is 1. The molecule has 4 rings (SSSR count). The fourth-order valence-corrected chi connectivity index (χ4v) is 3.84. The molecule has 1 aromatic carbocycles. The van der Waals surface area contributed by atoms with Crippen molar-refractivity contribution >= 4 is 5.91 Å². The van der Waals surface area contributed by atoms with Crippen LogP contribution in [0.3, 0.4) is 0 Å². The van der Waals surface area contributed by atoms with Crippen molar-refractivity contribution in [3.8, 4) is 0 Å². The molecule has 8 heteroatoms. The maximum Gasteiger partial charge on any atom is 0.249 e. The van der Waals surface area contributed by atoms with Gasteiger partial charge in [-0.2, -0.15) is 0 Å². The maximum atomic E-state index is 12.5. The van der Waals surface area contributed by atoms with Gasteiger partial charge in [0.15, 0.2) is 11.6 Å². The average molecular weight is 371 g/mol. The standard InChI is InChI=1S/C19H25N5O3/c1-22-10-15(25)9-16(22)19-21-20-17-11-23(7-8-24(17)19)18(26)13-27-12-14-5-3-2-4-6-14/h2-6,15-16,25H,7-13H2,1H3/t15-,16+/m1/s1. The number of likely N-dealkylation sites (N-methyl/N-ethyl adjacent to an activating group) is 1. The monoisotopic (exact) mass is 371 g/mol. The Labute approximate surface area is 158 Å². The van der Waals surface area contributed by atoms with Gasteiger partial charge < -0.3 is 19.3 Å². The SMILES string of the molecule is CN1C[C@H](O)C[C@H]1c1nnc2n1CCN(C(=O)COCc1ccccc1)C2. The average Bonchev–Trinajstić information content (AvgIpc) is 3.24. The third-order valence-electron chi connectivity index (χ3n) is 5.30. The molecular weight excluding hydrogens is 346 g/mol. The summed E-state index contributed by atoms with van der Waals surface area (Å²) in [5, 5.41) is 18.5. The van der Waals surface area contributed by atoms with Crippen molar-refractivity contribution in [2.45, 2.75) is 38.3 Å². The second-order valence-electron chi connectivity index (χ2n) is 7.26. The van der Waals surface area contributed by atoms with Crippen LogP contribution < -0.4 is 0 Å². The van der Waals surface area contributed by atoms with E-state index in [0.717, 1.165) is 17.2 Å². The second kappa shape index (κ2) is 7.75. The summed E-state index contributed by atoms with van der Waals surface area (Å²) in [5.41, 5.74) is 1.05. The normalized spacial score (nSPS) is 22.8. The van der Waals surface area contributed by atoms with Crippen molar-refractivity contribution in [3.05, 3.63) is 47.5 Å². The van der Waals surface area contributed by atoms with Gasteiger partial charge in [0.2, 0.25) is 5.91 Å². The van der Waals surface area contributed by atoms with Crippen LogP contribution in [0.15, 0.2) is 30.3 Å². The topological polar surface area (TPSA) is 83.7 Å². The Kier molecular flexibility index (Phi) is 5.20. The second-order valence-corrected chi connectivity index (χ2v) is 7.26. The molecule has 1 N–H and O–H groups in total. The minimum atomic E-state index is -0.323. The number of carbonyl (C=O) groups is 1. The number of nitrogens with zero attached hydrogens (tertiary/aromatic N) is 5. The number of hydrogen-bond acceptors (Lipinski definition) is 6. The lowest BCUT2D eigenvalue weighted by Gasteiger charge is -2.29. The zero-order chi connectivity index (χ0) is 18.8. The number of aliphatic hydroxyl groups is 1. The first-order valence-corrected chi connectivity index (χ1v) is 9.31. The highest BCUT2D eigenvalue weighted by Crippen LogP contribution is 2.30. The van der Waals surface area contributed by atoms with Gasteiger partial charge in [-0.1, -0.05) is 30.3 Å². The van der Waals surface area contributed by atoms with Gasteiger partial charge in [-0.15, -0.1) is 10.2 Å². The molecule has 1 amide bonds. The molecule has 0 saturated carbocycles. The van der Waals surface area contributed by atoms with Crippen LogP contribution in [0, 0.1) is 0 Å². The van der Waals surface area contributed by atoms with Crippen molar-refractivity contribution in [2.24, 2.45) is 0 Å². The van der Waals surface area contributed by atoms with Crippen molar-refractivity contribution in [3.63, 3.8) is 0 Å². The number of carbonyl (C=O) groups excluding carboxylic acids is 1. The molecule has 2 atom stereocenters. The molecule has 27 heavy (non-hydrogen) atoms. The number of fused-ring (bicyclic) bond motifs is 1. The summed E-state index contributed by atoms with van der Waals surface area (Å²) in [6, 6.07) is 9.90. The first-order valence-electron chi connectivity index (χ1n) is 9.31. The van der Waals surface area contributed by atoms with Crippen molar-refractivity contribution in [2.75, 3.05) is 26.7 Å². The van der Waals surface area contributed by atoms with Gasteiger partial charge in [-0.3, -0.25) is 9.69 Å². The zero-order valence-corrected chi connectivity index (χ0v) is 15.5. The first kappa shape index (κ1) is 18.1. The van der Waals surface area contributed by atoms with Crippen molar-refractivity contribution in [1.82, 2.24) is 24.6 Å². The van der Waals surface area contributed by atoms with Gasteiger partial charge in [-0.25, -0.2) is 0 Å². The van der Waals surface area contributed by atoms with E-state index in [0.29, 0.717) is 39.2 Å². The Morgan fingerprint density at radius 1 is 1.26 bits per heavy atom. The Morgan fingerprint density at radius 3 is 2.81 bits per heavy atom. The molecule has 0 aliphatic carbocycles. The van der Waals surface area contributed by atoms with Crippen LogP contribution in [0.25, 0.3) is 0 Å². The van der Waals surface area contributed by atoms with E-state index in [1.165, 1.54) is 0 Å². The number of ether oxygens (including phenoxy) is 1. The highest BCUT2D eigenvalue weighted by Gasteiger charge is 2.35. The largest absolute Gasteiger partial charge is 0.392 e. The van der Waals surface area contributed by atoms with Crippen molar-refractivity contribution in [1.29, 1.82) is 0 Å². The van der Waals surface area contributed by atoms with E-state index in [-0.39, 0.29) is 24.7 Å². The van der Waals surface area contributed by atoms with Crippen LogP contribution in [-0.4, -0.2) is 68.4 Å². The number of aliphatic hydroxyl groups excluding tert-OH is 1. The lowest BCUT2D eigenvalue weighted by atomic mass is 10.2. The van der Waals surface area contributed by atoms with Gasteiger partial charge in [-0.05, 0) is 19.0 Å². The number of amides is 1. The highest BCUT2D eigenvalue weighted by atomic mass is 16.5. The van der Waals surface area contributed by atoms with Gasteiger partial charge in [0, 0.05) is 19.6 Å². The van der Waals surface area contributed by atoms with Gasteiger partial charge >= 0.3 is 0 Å². The number of hydrogen-bond donors (Lipinski definition) is 1. The Morgan fingerprint density at radius 2 is 2.07 bits per heavy atom. The molecule has 1 fully saturated rings. The number of aromatic nitrogens is 3.